The molecule has 1 atom stereocenters. The fourth-order valence-corrected chi connectivity index (χ4v) is 5.79. The summed E-state index contributed by atoms with van der Waals surface area (Å²) in [5.41, 5.74) is 0.997. The highest BCUT2D eigenvalue weighted by atomic mass is 32.1. The Morgan fingerprint density at radius 3 is 2.84 bits per heavy atom. The van der Waals surface area contributed by atoms with Crippen LogP contribution in [0.25, 0.3) is 10.1 Å². The topological polar surface area (TPSA) is 89.9 Å². The Morgan fingerprint density at radius 1 is 1.16 bits per heavy atom. The SMILES string of the molecule is O=C(NCCO)c1sc2ccccc2c1[C@@H]1CCN(C(=O)CN2CCCCCC2=O)C1. The summed E-state index contributed by atoms with van der Waals surface area (Å²) in [5.74, 6) is -0.0307. The number of amides is 3. The lowest BCUT2D eigenvalue weighted by Gasteiger charge is -2.24. The van der Waals surface area contributed by atoms with E-state index in [2.05, 4.69) is 5.32 Å². The molecule has 0 bridgehead atoms. The molecule has 3 amide bonds. The van der Waals surface area contributed by atoms with Gasteiger partial charge in [-0.25, -0.2) is 0 Å². The maximum absolute atomic E-state index is 12.9. The van der Waals surface area contributed by atoms with Crippen LogP contribution < -0.4 is 5.32 Å². The first-order valence-electron chi connectivity index (χ1n) is 11.0. The van der Waals surface area contributed by atoms with Crippen LogP contribution in [-0.4, -0.2) is 72.0 Å². The van der Waals surface area contributed by atoms with Crippen LogP contribution >= 0.6 is 11.3 Å². The van der Waals surface area contributed by atoms with Crippen molar-refractivity contribution in [2.75, 3.05) is 39.3 Å². The third-order valence-corrected chi connectivity index (χ3v) is 7.37. The van der Waals surface area contributed by atoms with E-state index in [-0.39, 0.29) is 43.3 Å². The number of aliphatic hydroxyl groups excluding tert-OH is 1. The number of hydrogen-bond acceptors (Lipinski definition) is 5. The molecule has 2 aromatic rings. The summed E-state index contributed by atoms with van der Waals surface area (Å²) >= 11 is 1.46. The van der Waals surface area contributed by atoms with Gasteiger partial charge >= 0.3 is 0 Å². The van der Waals surface area contributed by atoms with Crippen molar-refractivity contribution < 1.29 is 19.5 Å². The van der Waals surface area contributed by atoms with E-state index in [4.69, 9.17) is 5.11 Å². The lowest BCUT2D eigenvalue weighted by Crippen LogP contribution is -2.41. The van der Waals surface area contributed by atoms with Crippen molar-refractivity contribution in [2.24, 2.45) is 0 Å². The summed E-state index contributed by atoms with van der Waals surface area (Å²) in [5, 5.41) is 12.9. The Labute approximate surface area is 186 Å². The molecule has 4 rings (SSSR count). The number of aliphatic hydroxyl groups is 1. The summed E-state index contributed by atoms with van der Waals surface area (Å²) in [7, 11) is 0. The molecule has 166 valence electrons. The number of thiophene rings is 1. The largest absolute Gasteiger partial charge is 0.395 e. The van der Waals surface area contributed by atoms with E-state index in [0.29, 0.717) is 30.9 Å². The number of carbonyl (C=O) groups is 3. The maximum atomic E-state index is 12.9. The van der Waals surface area contributed by atoms with Crippen LogP contribution in [-0.2, 0) is 9.59 Å². The molecule has 2 fully saturated rings. The van der Waals surface area contributed by atoms with E-state index < -0.39 is 0 Å². The number of nitrogens with zero attached hydrogens (tertiary/aromatic N) is 2. The summed E-state index contributed by atoms with van der Waals surface area (Å²) in [6, 6.07) is 7.97. The Bertz CT molecular complexity index is 973. The molecule has 8 heteroatoms. The molecule has 7 nitrogen and oxygen atoms in total. The van der Waals surface area contributed by atoms with E-state index in [9.17, 15) is 14.4 Å². The van der Waals surface area contributed by atoms with Crippen molar-refractivity contribution in [2.45, 2.75) is 38.0 Å². The van der Waals surface area contributed by atoms with E-state index in [1.807, 2.05) is 29.2 Å². The van der Waals surface area contributed by atoms with Gasteiger partial charge in [0.05, 0.1) is 18.0 Å². The monoisotopic (exact) mass is 443 g/mol. The van der Waals surface area contributed by atoms with Crippen molar-refractivity contribution in [1.29, 1.82) is 0 Å². The average Bonchev–Trinajstić information content (AvgIpc) is 3.35. The van der Waals surface area contributed by atoms with Crippen molar-refractivity contribution in [3.8, 4) is 0 Å². The van der Waals surface area contributed by atoms with Crippen molar-refractivity contribution in [1.82, 2.24) is 15.1 Å². The second kappa shape index (κ2) is 9.78. The van der Waals surface area contributed by atoms with Crippen LogP contribution in [0.4, 0.5) is 0 Å². The Hall–Kier alpha value is -2.45. The average molecular weight is 444 g/mol. The number of rotatable bonds is 6. The van der Waals surface area contributed by atoms with Crippen LogP contribution in [0.15, 0.2) is 24.3 Å². The fourth-order valence-electron chi connectivity index (χ4n) is 4.58. The summed E-state index contributed by atoms with van der Waals surface area (Å²) < 4.78 is 1.05. The fraction of sp³-hybridized carbons (Fsp3) is 0.522. The normalized spacial score (nSPS) is 19.6. The standard InChI is InChI=1S/C23H29N3O4S/c27-13-10-24-23(30)22-21(17-6-3-4-7-18(17)31-22)16-9-12-26(14-16)20(29)15-25-11-5-1-2-8-19(25)28/h3-4,6-7,16,27H,1-2,5,8-15H2,(H,24,30)/t16-/m1/s1. The summed E-state index contributed by atoms with van der Waals surface area (Å²) in [6.45, 7) is 2.11. The number of likely N-dealkylation sites (tertiary alicyclic amines) is 2. The molecule has 0 saturated carbocycles. The molecule has 2 N–H and O–H groups in total. The zero-order chi connectivity index (χ0) is 21.8. The van der Waals surface area contributed by atoms with Crippen LogP contribution in [0, 0.1) is 0 Å². The predicted octanol–water partition coefficient (Wildman–Crippen LogP) is 2.34. The van der Waals surface area contributed by atoms with Crippen LogP contribution in [0.2, 0.25) is 0 Å². The zero-order valence-corrected chi connectivity index (χ0v) is 18.5. The highest BCUT2D eigenvalue weighted by molar-refractivity contribution is 7.21. The molecule has 31 heavy (non-hydrogen) atoms. The maximum Gasteiger partial charge on any atom is 0.261 e. The van der Waals surface area contributed by atoms with Gasteiger partial charge < -0.3 is 20.2 Å². The Balaban J connectivity index is 1.51. The van der Waals surface area contributed by atoms with Gasteiger partial charge in [0.2, 0.25) is 11.8 Å². The molecule has 0 spiro atoms. The number of nitrogens with one attached hydrogen (secondary N) is 1. The second-order valence-corrected chi connectivity index (χ2v) is 9.32. The van der Waals surface area contributed by atoms with Crippen molar-refractivity contribution in [3.63, 3.8) is 0 Å². The van der Waals surface area contributed by atoms with Gasteiger partial charge in [0, 0.05) is 43.2 Å². The quantitative estimate of drug-likeness (QED) is 0.717. The van der Waals surface area contributed by atoms with E-state index in [0.717, 1.165) is 41.3 Å². The van der Waals surface area contributed by atoms with Crippen LogP contribution in [0.1, 0.15) is 53.3 Å². The highest BCUT2D eigenvalue weighted by Gasteiger charge is 2.33. The molecule has 1 aromatic carbocycles. The van der Waals surface area contributed by atoms with Gasteiger partial charge in [-0.3, -0.25) is 14.4 Å². The number of fused-ring (bicyclic) bond motifs is 1. The third kappa shape index (κ3) is 4.75. The molecule has 0 aliphatic carbocycles. The van der Waals surface area contributed by atoms with Crippen LogP contribution in [0.5, 0.6) is 0 Å². The van der Waals surface area contributed by atoms with Gasteiger partial charge in [-0.1, -0.05) is 24.6 Å². The third-order valence-electron chi connectivity index (χ3n) is 6.18. The zero-order valence-electron chi connectivity index (χ0n) is 17.6. The molecule has 3 heterocycles. The van der Waals surface area contributed by atoms with Gasteiger partial charge in [-0.15, -0.1) is 11.3 Å². The summed E-state index contributed by atoms with van der Waals surface area (Å²) in [6.07, 6.45) is 4.22. The molecule has 2 saturated heterocycles. The lowest BCUT2D eigenvalue weighted by atomic mass is 9.95. The first-order valence-corrected chi connectivity index (χ1v) is 11.9. The van der Waals surface area contributed by atoms with Gasteiger partial charge in [-0.05, 0) is 36.3 Å². The van der Waals surface area contributed by atoms with E-state index in [1.54, 1.807) is 4.90 Å². The van der Waals surface area contributed by atoms with E-state index in [1.165, 1.54) is 11.3 Å². The first kappa shape index (κ1) is 21.8. The van der Waals surface area contributed by atoms with Gasteiger partial charge in [0.25, 0.3) is 5.91 Å². The van der Waals surface area contributed by atoms with Gasteiger partial charge in [-0.2, -0.15) is 0 Å². The molecule has 0 radical (unpaired) electrons. The minimum atomic E-state index is -0.176. The molecular weight excluding hydrogens is 414 g/mol. The van der Waals surface area contributed by atoms with Crippen molar-refractivity contribution >= 4 is 39.1 Å². The predicted molar refractivity (Wildman–Crippen MR) is 120 cm³/mol. The number of carbonyl (C=O) groups excluding carboxylic acids is 3. The summed E-state index contributed by atoms with van der Waals surface area (Å²) in [4.78, 5) is 42.2. The Kier molecular flexibility index (Phi) is 6.87. The number of hydrogen-bond donors (Lipinski definition) is 2. The smallest absolute Gasteiger partial charge is 0.261 e. The molecule has 2 aliphatic heterocycles. The highest BCUT2D eigenvalue weighted by Crippen LogP contribution is 2.40. The number of benzene rings is 1. The minimum absolute atomic E-state index is 0.0106. The van der Waals surface area contributed by atoms with Gasteiger partial charge in [0.15, 0.2) is 0 Å². The molecule has 1 aromatic heterocycles. The minimum Gasteiger partial charge on any atom is -0.395 e. The Morgan fingerprint density at radius 2 is 2.00 bits per heavy atom. The van der Waals surface area contributed by atoms with Gasteiger partial charge in [0.1, 0.15) is 0 Å². The molecule has 0 unspecified atom stereocenters. The van der Waals surface area contributed by atoms with Crippen molar-refractivity contribution in [3.05, 3.63) is 34.7 Å². The molecule has 2 aliphatic rings. The lowest BCUT2D eigenvalue weighted by molar-refractivity contribution is -0.139. The van der Waals surface area contributed by atoms with E-state index >= 15 is 0 Å². The second-order valence-electron chi connectivity index (χ2n) is 8.27. The van der Waals surface area contributed by atoms with Crippen LogP contribution in [0.3, 0.4) is 0 Å². The molecular formula is C23H29N3O4S. The first-order chi connectivity index (χ1) is 15.1.